The summed E-state index contributed by atoms with van der Waals surface area (Å²) in [6.45, 7) is 0. The Morgan fingerprint density at radius 2 is 0.588 bits per heavy atom. The summed E-state index contributed by atoms with van der Waals surface area (Å²) in [6.07, 6.45) is 0. The molecule has 184 valence electrons. The van der Waals surface area contributed by atoms with E-state index >= 15 is 0 Å². The number of halogens is 16. The molecule has 1 aliphatic carbocycles. The first-order valence-electron chi connectivity index (χ1n) is 8.27. The number of alkyl halides is 8. The zero-order chi connectivity index (χ0) is 26.1. The van der Waals surface area contributed by atoms with Crippen LogP contribution in [0.5, 0.6) is 0 Å². The van der Waals surface area contributed by atoms with Crippen LogP contribution in [-0.4, -0.2) is 11.8 Å². The molecule has 0 N–H and O–H groups in total. The van der Waals surface area contributed by atoms with Gasteiger partial charge in [0.15, 0.2) is 46.5 Å². The Bertz CT molecular complexity index is 1430. The summed E-state index contributed by atoms with van der Waals surface area (Å²) in [7, 11) is 0. The fourth-order valence-corrected chi connectivity index (χ4v) is 3.75. The van der Waals surface area contributed by atoms with Crippen molar-refractivity contribution in [1.82, 2.24) is 0 Å². The van der Waals surface area contributed by atoms with Gasteiger partial charge >= 0.3 is 23.7 Å². The zero-order valence-corrected chi connectivity index (χ0v) is 15.0. The fourth-order valence-electron chi connectivity index (χ4n) is 3.75. The second kappa shape index (κ2) is 6.38. The van der Waals surface area contributed by atoms with Gasteiger partial charge in [0.2, 0.25) is 0 Å². The molecule has 3 aromatic rings. The van der Waals surface area contributed by atoms with Gasteiger partial charge < -0.3 is 0 Å². The molecule has 0 fully saturated rings. The first-order valence-corrected chi connectivity index (χ1v) is 8.27. The molecular formula is C18F16. The number of fused-ring (bicyclic) bond motifs is 5. The summed E-state index contributed by atoms with van der Waals surface area (Å²) in [4.78, 5) is 0. The van der Waals surface area contributed by atoms with Gasteiger partial charge in [-0.15, -0.1) is 0 Å². The number of hydrogen-bond acceptors (Lipinski definition) is 0. The predicted octanol–water partition coefficient (Wildman–Crippen LogP) is 7.57. The normalized spacial score (nSPS) is 20.1. The van der Waals surface area contributed by atoms with Crippen LogP contribution in [0.15, 0.2) is 0 Å². The SMILES string of the molecule is Fc1c(F)c(F)c2c(c1F)c(F)c(F)c1c3c(c(F)c(F)c12)C(F)(F)C(F)(F)C(F)(F)C3(F)F. The molecule has 0 nitrogen and oxygen atoms in total. The maximum atomic E-state index is 14.6. The highest BCUT2D eigenvalue weighted by Crippen LogP contribution is 2.66. The van der Waals surface area contributed by atoms with Crippen molar-refractivity contribution in [1.29, 1.82) is 0 Å². The topological polar surface area (TPSA) is 0 Å². The van der Waals surface area contributed by atoms with E-state index in [1.54, 1.807) is 0 Å². The van der Waals surface area contributed by atoms with E-state index in [1.165, 1.54) is 0 Å². The zero-order valence-electron chi connectivity index (χ0n) is 15.0. The quantitative estimate of drug-likeness (QED) is 0.124. The van der Waals surface area contributed by atoms with E-state index in [1.807, 2.05) is 0 Å². The Balaban J connectivity index is 2.49. The number of rotatable bonds is 0. The smallest absolute Gasteiger partial charge is 0.203 e. The molecule has 34 heavy (non-hydrogen) atoms. The highest BCUT2D eigenvalue weighted by Gasteiger charge is 2.86. The van der Waals surface area contributed by atoms with Crippen LogP contribution < -0.4 is 0 Å². The minimum absolute atomic E-state index is 2.39. The van der Waals surface area contributed by atoms with Crippen LogP contribution in [0, 0.1) is 46.5 Å². The third-order valence-corrected chi connectivity index (χ3v) is 5.34. The number of hydrogen-bond donors (Lipinski definition) is 0. The first-order chi connectivity index (χ1) is 15.3. The lowest BCUT2D eigenvalue weighted by molar-refractivity contribution is -0.386. The Kier molecular flexibility index (Phi) is 4.54. The van der Waals surface area contributed by atoms with Crippen LogP contribution >= 0.6 is 0 Å². The van der Waals surface area contributed by atoms with Crippen molar-refractivity contribution < 1.29 is 70.2 Å². The average molecular weight is 520 g/mol. The van der Waals surface area contributed by atoms with Gasteiger partial charge in [0.1, 0.15) is 0 Å². The molecule has 0 saturated carbocycles. The Morgan fingerprint density at radius 3 is 1.06 bits per heavy atom. The highest BCUT2D eigenvalue weighted by atomic mass is 19.4. The first kappa shape index (κ1) is 24.2. The molecule has 0 radical (unpaired) electrons. The van der Waals surface area contributed by atoms with Crippen molar-refractivity contribution in [2.24, 2.45) is 0 Å². The summed E-state index contributed by atoms with van der Waals surface area (Å²) < 4.78 is 226. The molecule has 0 bridgehead atoms. The lowest BCUT2D eigenvalue weighted by Crippen LogP contribution is -2.64. The Hall–Kier alpha value is -2.94. The molecule has 3 aromatic carbocycles. The van der Waals surface area contributed by atoms with Gasteiger partial charge in [0, 0.05) is 16.2 Å². The van der Waals surface area contributed by atoms with Crippen molar-refractivity contribution in [3.05, 3.63) is 57.7 Å². The molecular weight excluding hydrogens is 520 g/mol. The van der Waals surface area contributed by atoms with Gasteiger partial charge in [0.05, 0.1) is 16.5 Å². The summed E-state index contributed by atoms with van der Waals surface area (Å²) in [5, 5.41) is -10.2. The molecule has 0 saturated heterocycles. The van der Waals surface area contributed by atoms with Crippen molar-refractivity contribution in [3.8, 4) is 0 Å². The molecule has 0 heterocycles. The second-order valence-corrected chi connectivity index (χ2v) is 7.06. The molecule has 0 atom stereocenters. The van der Waals surface area contributed by atoms with Crippen molar-refractivity contribution >= 4 is 21.5 Å². The van der Waals surface area contributed by atoms with Gasteiger partial charge in [-0.3, -0.25) is 0 Å². The van der Waals surface area contributed by atoms with Crippen molar-refractivity contribution in [2.75, 3.05) is 0 Å². The lowest BCUT2D eigenvalue weighted by atomic mass is 9.76. The van der Waals surface area contributed by atoms with Crippen LogP contribution in [0.2, 0.25) is 0 Å². The summed E-state index contributed by atoms with van der Waals surface area (Å²) in [6, 6.07) is 0. The largest absolute Gasteiger partial charge is 0.383 e. The van der Waals surface area contributed by atoms with Crippen molar-refractivity contribution in [2.45, 2.75) is 23.7 Å². The monoisotopic (exact) mass is 520 g/mol. The standard InChI is InChI=1S/C18F16/c19-7-1-2-4(11(23)14(26)13(25)8(2)20)10(22)9(21)3(1)5-6(12(7)24)16(29,30)18(33,34)17(31,32)15(5,27)28. The predicted molar refractivity (Wildman–Crippen MR) is 78.8 cm³/mol. The minimum atomic E-state index is -7.18. The molecule has 0 aromatic heterocycles. The fraction of sp³-hybridized carbons (Fsp3) is 0.222. The van der Waals surface area contributed by atoms with Gasteiger partial charge in [-0.25, -0.2) is 35.1 Å². The second-order valence-electron chi connectivity index (χ2n) is 7.06. The maximum absolute atomic E-state index is 14.6. The average Bonchev–Trinajstić information content (AvgIpc) is 2.73. The number of benzene rings is 3. The molecule has 16 heteroatoms. The third kappa shape index (κ3) is 2.29. The van der Waals surface area contributed by atoms with E-state index in [0.29, 0.717) is 0 Å². The van der Waals surface area contributed by atoms with E-state index in [9.17, 15) is 70.2 Å². The van der Waals surface area contributed by atoms with E-state index in [4.69, 9.17) is 0 Å². The summed E-state index contributed by atoms with van der Waals surface area (Å²) >= 11 is 0. The third-order valence-electron chi connectivity index (χ3n) is 5.34. The van der Waals surface area contributed by atoms with Crippen LogP contribution in [0.1, 0.15) is 11.1 Å². The molecule has 4 rings (SSSR count). The van der Waals surface area contributed by atoms with Gasteiger partial charge in [0.25, 0.3) is 0 Å². The van der Waals surface area contributed by atoms with E-state index in [2.05, 4.69) is 0 Å². The minimum Gasteiger partial charge on any atom is -0.203 e. The summed E-state index contributed by atoms with van der Waals surface area (Å²) in [5.41, 5.74) is -6.98. The van der Waals surface area contributed by atoms with Crippen LogP contribution in [0.4, 0.5) is 70.2 Å². The van der Waals surface area contributed by atoms with E-state index < -0.39 is 103 Å². The molecule has 0 aliphatic heterocycles. The van der Waals surface area contributed by atoms with Crippen LogP contribution in [-0.2, 0) is 11.8 Å². The molecule has 0 unspecified atom stereocenters. The van der Waals surface area contributed by atoms with Gasteiger partial charge in [-0.1, -0.05) is 0 Å². The molecule has 0 spiro atoms. The van der Waals surface area contributed by atoms with Gasteiger partial charge in [-0.2, -0.15) is 35.1 Å². The Morgan fingerprint density at radius 1 is 0.294 bits per heavy atom. The summed E-state index contributed by atoms with van der Waals surface area (Å²) in [5.74, 6) is -52.2. The molecule has 1 aliphatic rings. The molecule has 0 amide bonds. The van der Waals surface area contributed by atoms with E-state index in [0.717, 1.165) is 0 Å². The highest BCUT2D eigenvalue weighted by molar-refractivity contribution is 6.10. The Labute approximate surface area is 174 Å². The van der Waals surface area contributed by atoms with Crippen molar-refractivity contribution in [3.63, 3.8) is 0 Å². The van der Waals surface area contributed by atoms with Crippen LogP contribution in [0.3, 0.4) is 0 Å². The lowest BCUT2D eigenvalue weighted by Gasteiger charge is -2.43. The van der Waals surface area contributed by atoms with Gasteiger partial charge in [-0.05, 0) is 0 Å². The van der Waals surface area contributed by atoms with Crippen LogP contribution in [0.25, 0.3) is 21.5 Å². The van der Waals surface area contributed by atoms with E-state index in [-0.39, 0.29) is 0 Å². The maximum Gasteiger partial charge on any atom is 0.383 e.